The average molecular weight is 246 g/mol. The second-order valence-electron chi connectivity index (χ2n) is 5.33. The van der Waals surface area contributed by atoms with Crippen LogP contribution in [0.15, 0.2) is 24.3 Å². The molecule has 0 spiro atoms. The third kappa shape index (κ3) is 4.43. The fourth-order valence-corrected chi connectivity index (χ4v) is 2.66. The summed E-state index contributed by atoms with van der Waals surface area (Å²) in [5.74, 6) is 0. The number of nitrogens with one attached hydrogen (secondary N) is 1. The van der Waals surface area contributed by atoms with E-state index < -0.39 is 0 Å². The van der Waals surface area contributed by atoms with E-state index in [1.54, 1.807) is 0 Å². The molecule has 2 heteroatoms. The molecule has 0 radical (unpaired) electrons. The molecule has 0 aromatic heterocycles. The maximum Gasteiger partial charge on any atom is 0.0107 e. The van der Waals surface area contributed by atoms with Crippen molar-refractivity contribution in [2.24, 2.45) is 0 Å². The number of aryl methyl sites for hydroxylation is 2. The molecule has 0 unspecified atom stereocenters. The molecule has 1 N–H and O–H groups in total. The van der Waals surface area contributed by atoms with Crippen LogP contribution >= 0.6 is 0 Å². The first-order valence-electron chi connectivity index (χ1n) is 7.34. The normalized spacial score (nSPS) is 16.3. The first-order valence-corrected chi connectivity index (χ1v) is 7.34. The zero-order chi connectivity index (χ0) is 12.6. The van der Waals surface area contributed by atoms with Gasteiger partial charge in [-0.05, 0) is 63.4 Å². The second kappa shape index (κ2) is 7.55. The molecular weight excluding hydrogens is 220 g/mol. The van der Waals surface area contributed by atoms with Crippen LogP contribution in [0, 0.1) is 6.92 Å². The Balaban J connectivity index is 1.52. The van der Waals surface area contributed by atoms with Gasteiger partial charge in [0.25, 0.3) is 0 Å². The fourth-order valence-electron chi connectivity index (χ4n) is 2.66. The van der Waals surface area contributed by atoms with Crippen molar-refractivity contribution in [2.45, 2.75) is 32.6 Å². The predicted octanol–water partition coefficient (Wildman–Crippen LogP) is 2.61. The molecule has 1 aromatic carbocycles. The van der Waals surface area contributed by atoms with E-state index >= 15 is 0 Å². The zero-order valence-electron chi connectivity index (χ0n) is 11.6. The van der Waals surface area contributed by atoms with Crippen molar-refractivity contribution in [1.29, 1.82) is 0 Å². The van der Waals surface area contributed by atoms with Crippen LogP contribution in [-0.4, -0.2) is 37.6 Å². The van der Waals surface area contributed by atoms with E-state index in [2.05, 4.69) is 41.4 Å². The van der Waals surface area contributed by atoms with Crippen LogP contribution in [0.5, 0.6) is 0 Å². The molecule has 0 aliphatic carbocycles. The highest BCUT2D eigenvalue weighted by Gasteiger charge is 2.09. The standard InChI is InChI=1S/C16H26N2/c1-15-7-2-3-8-16(15)9-6-10-17-11-14-18-12-4-5-13-18/h2-3,7-8,17H,4-6,9-14H2,1H3. The Kier molecular flexibility index (Phi) is 5.69. The number of hydrogen-bond acceptors (Lipinski definition) is 2. The van der Waals surface area contributed by atoms with Crippen molar-refractivity contribution in [3.8, 4) is 0 Å². The molecule has 2 rings (SSSR count). The molecule has 1 heterocycles. The minimum Gasteiger partial charge on any atom is -0.315 e. The fraction of sp³-hybridized carbons (Fsp3) is 0.625. The zero-order valence-corrected chi connectivity index (χ0v) is 11.6. The molecule has 0 amide bonds. The van der Waals surface area contributed by atoms with Crippen LogP contribution in [-0.2, 0) is 6.42 Å². The lowest BCUT2D eigenvalue weighted by molar-refractivity contribution is 0.336. The molecule has 0 bridgehead atoms. The summed E-state index contributed by atoms with van der Waals surface area (Å²) in [6.45, 7) is 8.34. The molecule has 0 atom stereocenters. The first-order chi connectivity index (χ1) is 8.86. The lowest BCUT2D eigenvalue weighted by Crippen LogP contribution is -2.30. The van der Waals surface area contributed by atoms with Gasteiger partial charge in [0.2, 0.25) is 0 Å². The summed E-state index contributed by atoms with van der Waals surface area (Å²) in [5.41, 5.74) is 2.92. The van der Waals surface area contributed by atoms with Crippen LogP contribution in [0.2, 0.25) is 0 Å². The van der Waals surface area contributed by atoms with Crippen molar-refractivity contribution < 1.29 is 0 Å². The Labute approximate surface area is 111 Å². The van der Waals surface area contributed by atoms with Crippen LogP contribution in [0.25, 0.3) is 0 Å². The lowest BCUT2D eigenvalue weighted by Gasteiger charge is -2.14. The summed E-state index contributed by atoms with van der Waals surface area (Å²) in [5, 5.41) is 3.56. The van der Waals surface area contributed by atoms with Gasteiger partial charge >= 0.3 is 0 Å². The van der Waals surface area contributed by atoms with Crippen LogP contribution < -0.4 is 5.32 Å². The maximum atomic E-state index is 3.56. The Morgan fingerprint density at radius 1 is 1.11 bits per heavy atom. The summed E-state index contributed by atoms with van der Waals surface area (Å²) < 4.78 is 0. The van der Waals surface area contributed by atoms with Gasteiger partial charge in [0.1, 0.15) is 0 Å². The van der Waals surface area contributed by atoms with Gasteiger partial charge in [-0.2, -0.15) is 0 Å². The molecule has 18 heavy (non-hydrogen) atoms. The van der Waals surface area contributed by atoms with Gasteiger partial charge in [-0.3, -0.25) is 0 Å². The molecule has 100 valence electrons. The van der Waals surface area contributed by atoms with Gasteiger partial charge in [-0.15, -0.1) is 0 Å². The van der Waals surface area contributed by atoms with E-state index in [0.717, 1.165) is 13.1 Å². The smallest absolute Gasteiger partial charge is 0.0107 e. The predicted molar refractivity (Wildman–Crippen MR) is 78.0 cm³/mol. The molecular formula is C16H26N2. The van der Waals surface area contributed by atoms with Crippen LogP contribution in [0.4, 0.5) is 0 Å². The van der Waals surface area contributed by atoms with E-state index in [1.165, 1.54) is 56.4 Å². The Morgan fingerprint density at radius 3 is 2.67 bits per heavy atom. The highest BCUT2D eigenvalue weighted by molar-refractivity contribution is 5.25. The van der Waals surface area contributed by atoms with Gasteiger partial charge < -0.3 is 10.2 Å². The quantitative estimate of drug-likeness (QED) is 0.744. The Hall–Kier alpha value is -0.860. The summed E-state index contributed by atoms with van der Waals surface area (Å²) in [7, 11) is 0. The minimum atomic E-state index is 1.14. The van der Waals surface area contributed by atoms with E-state index in [-0.39, 0.29) is 0 Å². The summed E-state index contributed by atoms with van der Waals surface area (Å²) in [4.78, 5) is 2.56. The van der Waals surface area contributed by atoms with Gasteiger partial charge in [0.15, 0.2) is 0 Å². The topological polar surface area (TPSA) is 15.3 Å². The monoisotopic (exact) mass is 246 g/mol. The molecule has 1 saturated heterocycles. The van der Waals surface area contributed by atoms with Crippen molar-refractivity contribution in [1.82, 2.24) is 10.2 Å². The van der Waals surface area contributed by atoms with Gasteiger partial charge in [0.05, 0.1) is 0 Å². The molecule has 1 aliphatic rings. The highest BCUT2D eigenvalue weighted by Crippen LogP contribution is 2.09. The Bertz CT molecular complexity index is 343. The van der Waals surface area contributed by atoms with E-state index in [9.17, 15) is 0 Å². The van der Waals surface area contributed by atoms with Gasteiger partial charge in [-0.25, -0.2) is 0 Å². The third-order valence-electron chi connectivity index (χ3n) is 3.86. The van der Waals surface area contributed by atoms with Crippen molar-refractivity contribution >= 4 is 0 Å². The molecule has 1 fully saturated rings. The van der Waals surface area contributed by atoms with Gasteiger partial charge in [0, 0.05) is 13.1 Å². The highest BCUT2D eigenvalue weighted by atomic mass is 15.1. The van der Waals surface area contributed by atoms with Crippen LogP contribution in [0.1, 0.15) is 30.4 Å². The molecule has 2 nitrogen and oxygen atoms in total. The molecule has 0 saturated carbocycles. The van der Waals surface area contributed by atoms with Gasteiger partial charge in [-0.1, -0.05) is 24.3 Å². The van der Waals surface area contributed by atoms with Crippen molar-refractivity contribution in [3.05, 3.63) is 35.4 Å². The lowest BCUT2D eigenvalue weighted by atomic mass is 10.0. The van der Waals surface area contributed by atoms with Crippen molar-refractivity contribution in [3.63, 3.8) is 0 Å². The van der Waals surface area contributed by atoms with Crippen LogP contribution in [0.3, 0.4) is 0 Å². The SMILES string of the molecule is Cc1ccccc1CCCNCCN1CCCC1. The minimum absolute atomic E-state index is 1.14. The van der Waals surface area contributed by atoms with Crippen molar-refractivity contribution in [2.75, 3.05) is 32.7 Å². The largest absolute Gasteiger partial charge is 0.315 e. The van der Waals surface area contributed by atoms with E-state index in [0.29, 0.717) is 0 Å². The molecule has 1 aromatic rings. The first kappa shape index (κ1) is 13.6. The second-order valence-corrected chi connectivity index (χ2v) is 5.33. The Morgan fingerprint density at radius 2 is 1.89 bits per heavy atom. The maximum absolute atomic E-state index is 3.56. The number of benzene rings is 1. The van der Waals surface area contributed by atoms with E-state index in [4.69, 9.17) is 0 Å². The number of hydrogen-bond donors (Lipinski definition) is 1. The number of rotatable bonds is 7. The number of likely N-dealkylation sites (tertiary alicyclic amines) is 1. The summed E-state index contributed by atoms with van der Waals surface area (Å²) in [6, 6.07) is 8.71. The van der Waals surface area contributed by atoms with E-state index in [1.807, 2.05) is 0 Å². The molecule has 1 aliphatic heterocycles. The summed E-state index contributed by atoms with van der Waals surface area (Å²) in [6.07, 6.45) is 5.23. The third-order valence-corrected chi connectivity index (χ3v) is 3.86. The summed E-state index contributed by atoms with van der Waals surface area (Å²) >= 11 is 0. The number of nitrogens with zero attached hydrogens (tertiary/aromatic N) is 1. The average Bonchev–Trinajstić information content (AvgIpc) is 2.89.